The molecule has 0 radical (unpaired) electrons. The number of nitrogens with zero attached hydrogens (tertiary/aromatic N) is 2. The first-order valence-electron chi connectivity index (χ1n) is 3.57. The molecule has 0 N–H and O–H groups in total. The second-order valence-electron chi connectivity index (χ2n) is 2.44. The van der Waals surface area contributed by atoms with Crippen molar-refractivity contribution in [3.63, 3.8) is 0 Å². The van der Waals surface area contributed by atoms with Crippen LogP contribution in [-0.4, -0.2) is 9.38 Å². The molecule has 0 aliphatic carbocycles. The Balaban J connectivity index is 2.88. The van der Waals surface area contributed by atoms with Crippen LogP contribution in [0.3, 0.4) is 0 Å². The van der Waals surface area contributed by atoms with Crippen LogP contribution in [0.2, 0.25) is 0 Å². The zero-order valence-corrected chi connectivity index (χ0v) is 7.95. The maximum absolute atomic E-state index is 4.23. The summed E-state index contributed by atoms with van der Waals surface area (Å²) in [5.41, 5.74) is 1.93. The van der Waals surface area contributed by atoms with Crippen molar-refractivity contribution >= 4 is 27.7 Å². The minimum atomic E-state index is 0.924. The van der Waals surface area contributed by atoms with Gasteiger partial charge in [-0.1, -0.05) is 6.58 Å². The maximum Gasteiger partial charge on any atom is 0.151 e. The molecular formula is C9H7BrN2. The largest absolute Gasteiger partial charge is 0.299 e. The SMILES string of the molecule is C=Cc1cnc2c(Br)cccn12. The third-order valence-electron chi connectivity index (χ3n) is 1.73. The minimum Gasteiger partial charge on any atom is -0.299 e. The van der Waals surface area contributed by atoms with E-state index >= 15 is 0 Å². The van der Waals surface area contributed by atoms with Crippen LogP contribution in [0.4, 0.5) is 0 Å². The first kappa shape index (κ1) is 7.55. The molecule has 3 heteroatoms. The number of hydrogen-bond acceptors (Lipinski definition) is 1. The Kier molecular flexibility index (Phi) is 1.73. The fourth-order valence-electron chi connectivity index (χ4n) is 1.15. The van der Waals surface area contributed by atoms with Crippen molar-refractivity contribution in [1.29, 1.82) is 0 Å². The Morgan fingerprint density at radius 1 is 1.58 bits per heavy atom. The number of imidazole rings is 1. The average molecular weight is 223 g/mol. The normalized spacial score (nSPS) is 10.4. The Labute approximate surface area is 78.7 Å². The summed E-state index contributed by atoms with van der Waals surface area (Å²) in [4.78, 5) is 4.23. The molecule has 0 saturated heterocycles. The highest BCUT2D eigenvalue weighted by atomic mass is 79.9. The summed E-state index contributed by atoms with van der Waals surface area (Å²) in [6, 6.07) is 3.93. The van der Waals surface area contributed by atoms with Crippen LogP contribution in [0.1, 0.15) is 5.69 Å². The standard InChI is InChI=1S/C9H7BrN2/c1-2-7-6-11-9-8(10)4-3-5-12(7)9/h2-6H,1H2. The van der Waals surface area contributed by atoms with Gasteiger partial charge in [0.05, 0.1) is 16.4 Å². The van der Waals surface area contributed by atoms with E-state index in [0.29, 0.717) is 0 Å². The van der Waals surface area contributed by atoms with Crippen molar-refractivity contribution in [2.75, 3.05) is 0 Å². The van der Waals surface area contributed by atoms with E-state index in [1.807, 2.05) is 22.7 Å². The van der Waals surface area contributed by atoms with Crippen molar-refractivity contribution < 1.29 is 0 Å². The van der Waals surface area contributed by atoms with Gasteiger partial charge in [-0.15, -0.1) is 0 Å². The lowest BCUT2D eigenvalue weighted by Gasteiger charge is -1.96. The molecule has 0 fully saturated rings. The van der Waals surface area contributed by atoms with Gasteiger partial charge in [-0.2, -0.15) is 0 Å². The molecule has 0 aliphatic heterocycles. The van der Waals surface area contributed by atoms with Crippen molar-refractivity contribution in [2.45, 2.75) is 0 Å². The molecule has 0 amide bonds. The van der Waals surface area contributed by atoms with E-state index in [-0.39, 0.29) is 0 Å². The van der Waals surface area contributed by atoms with Gasteiger partial charge in [0.1, 0.15) is 0 Å². The Morgan fingerprint density at radius 2 is 2.42 bits per heavy atom. The lowest BCUT2D eigenvalue weighted by atomic mass is 10.4. The predicted molar refractivity (Wildman–Crippen MR) is 53.0 cm³/mol. The highest BCUT2D eigenvalue weighted by Gasteiger charge is 2.01. The Bertz CT molecular complexity index is 431. The van der Waals surface area contributed by atoms with Crippen LogP contribution in [0.5, 0.6) is 0 Å². The zero-order valence-electron chi connectivity index (χ0n) is 6.37. The summed E-state index contributed by atoms with van der Waals surface area (Å²) in [6.45, 7) is 3.71. The van der Waals surface area contributed by atoms with Gasteiger partial charge in [-0.25, -0.2) is 4.98 Å². The van der Waals surface area contributed by atoms with E-state index < -0.39 is 0 Å². The minimum absolute atomic E-state index is 0.924. The smallest absolute Gasteiger partial charge is 0.151 e. The number of hydrogen-bond donors (Lipinski definition) is 0. The van der Waals surface area contributed by atoms with E-state index in [0.717, 1.165) is 15.8 Å². The van der Waals surface area contributed by atoms with Crippen molar-refractivity contribution in [1.82, 2.24) is 9.38 Å². The van der Waals surface area contributed by atoms with Gasteiger partial charge in [0.25, 0.3) is 0 Å². The third kappa shape index (κ3) is 0.975. The highest BCUT2D eigenvalue weighted by molar-refractivity contribution is 9.10. The third-order valence-corrected chi connectivity index (χ3v) is 2.34. The van der Waals surface area contributed by atoms with Crippen LogP contribution in [0, 0.1) is 0 Å². The molecule has 0 aromatic carbocycles. The molecule has 60 valence electrons. The molecule has 12 heavy (non-hydrogen) atoms. The second-order valence-corrected chi connectivity index (χ2v) is 3.29. The lowest BCUT2D eigenvalue weighted by molar-refractivity contribution is 1.16. The number of fused-ring (bicyclic) bond motifs is 1. The van der Waals surface area contributed by atoms with Gasteiger partial charge in [0.15, 0.2) is 5.65 Å². The molecule has 0 saturated carbocycles. The van der Waals surface area contributed by atoms with Crippen LogP contribution >= 0.6 is 15.9 Å². The summed E-state index contributed by atoms with van der Waals surface area (Å²) >= 11 is 3.42. The molecule has 0 aliphatic rings. The molecule has 0 unspecified atom stereocenters. The predicted octanol–water partition coefficient (Wildman–Crippen LogP) is 2.74. The molecular weight excluding hydrogens is 216 g/mol. The van der Waals surface area contributed by atoms with E-state index in [1.54, 1.807) is 12.3 Å². The van der Waals surface area contributed by atoms with Crippen LogP contribution in [-0.2, 0) is 0 Å². The first-order valence-corrected chi connectivity index (χ1v) is 4.36. The molecule has 0 spiro atoms. The van der Waals surface area contributed by atoms with E-state index in [2.05, 4.69) is 27.5 Å². The zero-order chi connectivity index (χ0) is 8.55. The fourth-order valence-corrected chi connectivity index (χ4v) is 1.59. The Hall–Kier alpha value is -1.09. The van der Waals surface area contributed by atoms with E-state index in [1.165, 1.54) is 0 Å². The fraction of sp³-hybridized carbons (Fsp3) is 0. The maximum atomic E-state index is 4.23. The molecule has 0 atom stereocenters. The molecule has 2 rings (SSSR count). The molecule has 2 nitrogen and oxygen atoms in total. The highest BCUT2D eigenvalue weighted by Crippen LogP contribution is 2.17. The Morgan fingerprint density at radius 3 is 3.17 bits per heavy atom. The molecule has 2 aromatic rings. The van der Waals surface area contributed by atoms with Crippen molar-refractivity contribution in [3.05, 3.63) is 41.3 Å². The van der Waals surface area contributed by atoms with E-state index in [9.17, 15) is 0 Å². The topological polar surface area (TPSA) is 17.3 Å². The molecule has 2 heterocycles. The summed E-state index contributed by atoms with van der Waals surface area (Å²) in [5, 5.41) is 0. The number of rotatable bonds is 1. The number of halogens is 1. The quantitative estimate of drug-likeness (QED) is 0.726. The van der Waals surface area contributed by atoms with Crippen molar-refractivity contribution in [2.24, 2.45) is 0 Å². The van der Waals surface area contributed by atoms with Gasteiger partial charge in [0, 0.05) is 6.20 Å². The van der Waals surface area contributed by atoms with Crippen LogP contribution in [0.15, 0.2) is 35.6 Å². The van der Waals surface area contributed by atoms with E-state index in [4.69, 9.17) is 0 Å². The summed E-state index contributed by atoms with van der Waals surface area (Å²) < 4.78 is 2.98. The van der Waals surface area contributed by atoms with Crippen LogP contribution in [0.25, 0.3) is 11.7 Å². The van der Waals surface area contributed by atoms with Gasteiger partial charge in [-0.05, 0) is 34.1 Å². The number of pyridine rings is 1. The first-order chi connectivity index (χ1) is 5.83. The van der Waals surface area contributed by atoms with Gasteiger partial charge < -0.3 is 0 Å². The monoisotopic (exact) mass is 222 g/mol. The van der Waals surface area contributed by atoms with Crippen molar-refractivity contribution in [3.8, 4) is 0 Å². The van der Waals surface area contributed by atoms with Crippen LogP contribution < -0.4 is 0 Å². The van der Waals surface area contributed by atoms with Gasteiger partial charge >= 0.3 is 0 Å². The van der Waals surface area contributed by atoms with Gasteiger partial charge in [-0.3, -0.25) is 4.40 Å². The summed E-state index contributed by atoms with van der Waals surface area (Å²) in [5.74, 6) is 0. The second kappa shape index (κ2) is 2.75. The molecule has 0 bridgehead atoms. The molecule has 2 aromatic heterocycles. The average Bonchev–Trinajstić information content (AvgIpc) is 2.49. The number of aromatic nitrogens is 2. The summed E-state index contributed by atoms with van der Waals surface area (Å²) in [6.07, 6.45) is 5.55. The van der Waals surface area contributed by atoms with Gasteiger partial charge in [0.2, 0.25) is 0 Å². The lowest BCUT2D eigenvalue weighted by Crippen LogP contribution is -1.85. The summed E-state index contributed by atoms with van der Waals surface area (Å²) in [7, 11) is 0.